The summed E-state index contributed by atoms with van der Waals surface area (Å²) in [7, 11) is 1.72. The number of Topliss-reactive ketones (excluding diaryl/α,β-unsaturated/α-hetero) is 1. The highest BCUT2D eigenvalue weighted by atomic mass is 32.1. The molecule has 0 bridgehead atoms. The first-order chi connectivity index (χ1) is 17.3. The zero-order valence-corrected chi connectivity index (χ0v) is 22.9. The summed E-state index contributed by atoms with van der Waals surface area (Å²) in [6.07, 6.45) is 6.52. The first kappa shape index (κ1) is 26.2. The molecule has 2 aliphatic heterocycles. The highest BCUT2D eigenvalue weighted by molar-refractivity contribution is 7.12. The van der Waals surface area contributed by atoms with Crippen LogP contribution in [-0.4, -0.2) is 60.7 Å². The average molecular weight is 508 g/mol. The fourth-order valence-corrected chi connectivity index (χ4v) is 7.67. The number of amides is 1. The van der Waals surface area contributed by atoms with Gasteiger partial charge in [-0.1, -0.05) is 24.0 Å². The van der Waals surface area contributed by atoms with Gasteiger partial charge in [-0.25, -0.2) is 0 Å². The lowest BCUT2D eigenvalue weighted by Gasteiger charge is -2.36. The van der Waals surface area contributed by atoms with E-state index in [1.807, 2.05) is 30.1 Å². The first-order valence-corrected chi connectivity index (χ1v) is 13.8. The Morgan fingerprint density at radius 3 is 2.58 bits per heavy atom. The number of nitrogens with zero attached hydrogens (tertiary/aromatic N) is 4. The molecule has 4 rings (SSSR count). The van der Waals surface area contributed by atoms with E-state index >= 15 is 0 Å². The van der Waals surface area contributed by atoms with Crippen molar-refractivity contribution < 1.29 is 9.59 Å². The minimum absolute atomic E-state index is 0.0781. The average Bonchev–Trinajstić information content (AvgIpc) is 3.18. The van der Waals surface area contributed by atoms with Crippen LogP contribution in [0.5, 0.6) is 0 Å². The first-order valence-electron chi connectivity index (χ1n) is 12.9. The standard InChI is InChI=1S/C28H37N5O2S/c1-7-21(20-8-11-32(12-9-20)28(29-5)31-30-6)26-19(4)25-24(36-26)10-13-33(27(25)35)16-22-18(3)14-17(2)15-23(22)34/h14,20-21H,7-13,15-16H2,1-5H3,(H,29,31). The molecule has 0 saturated carbocycles. The second-order valence-electron chi connectivity index (χ2n) is 10.2. The summed E-state index contributed by atoms with van der Waals surface area (Å²) in [6.45, 7) is 18.3. The van der Waals surface area contributed by atoms with Crippen molar-refractivity contribution in [2.45, 2.75) is 65.7 Å². The molecule has 7 nitrogen and oxygen atoms in total. The van der Waals surface area contributed by atoms with E-state index in [2.05, 4.69) is 40.2 Å². The van der Waals surface area contributed by atoms with E-state index in [4.69, 9.17) is 6.57 Å². The topological polar surface area (TPSA) is 69.4 Å². The number of fused-ring (bicyclic) bond motifs is 1. The maximum atomic E-state index is 13.6. The number of allylic oxidation sites excluding steroid dienone is 3. The van der Waals surface area contributed by atoms with Gasteiger partial charge >= 0.3 is 0 Å². The fourth-order valence-electron chi connectivity index (χ4n) is 6.10. The number of rotatable bonds is 5. The zero-order chi connectivity index (χ0) is 26.0. The predicted octanol–water partition coefficient (Wildman–Crippen LogP) is 4.91. The van der Waals surface area contributed by atoms with Crippen molar-refractivity contribution in [3.05, 3.63) is 55.2 Å². The molecule has 1 aliphatic carbocycles. The molecule has 192 valence electrons. The molecular formula is C28H37N5O2S. The molecular weight excluding hydrogens is 470 g/mol. The summed E-state index contributed by atoms with van der Waals surface area (Å²) >= 11 is 1.84. The Morgan fingerprint density at radius 2 is 1.97 bits per heavy atom. The predicted molar refractivity (Wildman–Crippen MR) is 145 cm³/mol. The molecule has 0 aromatic carbocycles. The minimum atomic E-state index is 0.0781. The van der Waals surface area contributed by atoms with Crippen LogP contribution >= 0.6 is 11.3 Å². The molecule has 3 heterocycles. The number of thiophene rings is 1. The van der Waals surface area contributed by atoms with E-state index in [-0.39, 0.29) is 11.7 Å². The number of piperidine rings is 1. The number of nitrogens with one attached hydrogen (secondary N) is 1. The third kappa shape index (κ3) is 4.99. The number of aliphatic imine (C=N–C) groups is 1. The van der Waals surface area contributed by atoms with Crippen molar-refractivity contribution in [1.29, 1.82) is 0 Å². The van der Waals surface area contributed by atoms with E-state index in [1.165, 1.54) is 9.75 Å². The quantitative estimate of drug-likeness (QED) is 0.266. The van der Waals surface area contributed by atoms with Crippen LogP contribution in [0.4, 0.5) is 0 Å². The van der Waals surface area contributed by atoms with Gasteiger partial charge in [0.2, 0.25) is 0 Å². The van der Waals surface area contributed by atoms with Crippen LogP contribution < -0.4 is 5.43 Å². The lowest BCUT2D eigenvalue weighted by molar-refractivity contribution is -0.115. The lowest BCUT2D eigenvalue weighted by Crippen LogP contribution is -2.44. The third-order valence-electron chi connectivity index (χ3n) is 7.98. The van der Waals surface area contributed by atoms with Crippen molar-refractivity contribution in [1.82, 2.24) is 15.2 Å². The molecule has 1 atom stereocenters. The van der Waals surface area contributed by atoms with E-state index in [9.17, 15) is 9.59 Å². The number of hydrogen-bond donors (Lipinski definition) is 1. The van der Waals surface area contributed by atoms with Gasteiger partial charge in [-0.3, -0.25) is 14.6 Å². The zero-order valence-electron chi connectivity index (χ0n) is 22.1. The van der Waals surface area contributed by atoms with Crippen molar-refractivity contribution in [3.63, 3.8) is 0 Å². The number of carbonyl (C=O) groups excluding carboxylic acids is 2. The van der Waals surface area contributed by atoms with E-state index in [1.54, 1.807) is 7.05 Å². The highest BCUT2D eigenvalue weighted by Gasteiger charge is 2.36. The van der Waals surface area contributed by atoms with Crippen molar-refractivity contribution in [2.75, 3.05) is 33.2 Å². The van der Waals surface area contributed by atoms with Crippen LogP contribution in [0.3, 0.4) is 0 Å². The summed E-state index contributed by atoms with van der Waals surface area (Å²) in [5.41, 5.74) is 7.56. The Kier molecular flexibility index (Phi) is 7.99. The number of carbonyl (C=O) groups is 2. The van der Waals surface area contributed by atoms with Crippen LogP contribution in [-0.2, 0) is 11.2 Å². The number of ketones is 1. The van der Waals surface area contributed by atoms with Gasteiger partial charge in [0.05, 0.1) is 5.56 Å². The Labute approximate surface area is 218 Å². The molecule has 1 aromatic rings. The van der Waals surface area contributed by atoms with Gasteiger partial charge in [-0.2, -0.15) is 11.5 Å². The van der Waals surface area contributed by atoms with Crippen molar-refractivity contribution in [3.8, 4) is 0 Å². The van der Waals surface area contributed by atoms with Crippen molar-refractivity contribution >= 4 is 29.0 Å². The van der Waals surface area contributed by atoms with Crippen LogP contribution in [0.15, 0.2) is 27.8 Å². The maximum absolute atomic E-state index is 13.6. The van der Waals surface area contributed by atoms with Gasteiger partial charge in [0, 0.05) is 61.4 Å². The van der Waals surface area contributed by atoms with Crippen LogP contribution in [0.1, 0.15) is 78.0 Å². The van der Waals surface area contributed by atoms with Crippen LogP contribution in [0, 0.1) is 19.4 Å². The summed E-state index contributed by atoms with van der Waals surface area (Å²) in [5.74, 6) is 1.85. The third-order valence-corrected chi connectivity index (χ3v) is 9.47. The molecule has 1 fully saturated rings. The van der Waals surface area contributed by atoms with Gasteiger partial charge in [-0.15, -0.1) is 11.3 Å². The molecule has 1 aromatic heterocycles. The smallest absolute Gasteiger partial charge is 0.264 e. The molecule has 36 heavy (non-hydrogen) atoms. The minimum Gasteiger partial charge on any atom is -0.338 e. The Morgan fingerprint density at radius 1 is 1.25 bits per heavy atom. The summed E-state index contributed by atoms with van der Waals surface area (Å²) in [5, 5.41) is 0. The Hall–Kier alpha value is -2.92. The summed E-state index contributed by atoms with van der Waals surface area (Å²) < 4.78 is 0. The van der Waals surface area contributed by atoms with E-state index < -0.39 is 0 Å². The fraction of sp³-hybridized carbons (Fsp3) is 0.571. The Balaban J connectivity index is 1.51. The SMILES string of the molecule is [C-]#[N+]NC(=NC)N1CCC(C(CC)c2sc3c(c2C)C(=O)N(CC2=C(C)C=C(C)CC2=O)CC3)CC1. The van der Waals surface area contributed by atoms with Crippen LogP contribution in [0.25, 0.3) is 4.95 Å². The molecule has 8 heteroatoms. The van der Waals surface area contributed by atoms with Gasteiger partial charge in [0.25, 0.3) is 11.9 Å². The van der Waals surface area contributed by atoms with Crippen molar-refractivity contribution in [2.24, 2.45) is 10.9 Å². The Bertz CT molecular complexity index is 1180. The monoisotopic (exact) mass is 507 g/mol. The van der Waals surface area contributed by atoms with Gasteiger partial charge in [-0.05, 0) is 63.0 Å². The molecule has 3 aliphatic rings. The lowest BCUT2D eigenvalue weighted by atomic mass is 9.80. The number of guanidine groups is 1. The summed E-state index contributed by atoms with van der Waals surface area (Å²) in [6, 6.07) is 0. The van der Waals surface area contributed by atoms with Gasteiger partial charge < -0.3 is 9.80 Å². The molecule has 0 radical (unpaired) electrons. The largest absolute Gasteiger partial charge is 0.338 e. The van der Waals surface area contributed by atoms with Gasteiger partial charge in [0.15, 0.2) is 5.78 Å². The number of hydrogen-bond acceptors (Lipinski definition) is 4. The van der Waals surface area contributed by atoms with E-state index in [0.29, 0.717) is 37.3 Å². The van der Waals surface area contributed by atoms with Crippen LogP contribution in [0.2, 0.25) is 0 Å². The van der Waals surface area contributed by atoms with E-state index in [0.717, 1.165) is 66.6 Å². The van der Waals surface area contributed by atoms with Gasteiger partial charge in [0.1, 0.15) is 0 Å². The molecule has 1 amide bonds. The normalized spacial score (nSPS) is 20.3. The summed E-state index contributed by atoms with van der Waals surface area (Å²) in [4.78, 5) is 40.4. The maximum Gasteiger partial charge on any atom is 0.264 e. The molecule has 1 saturated heterocycles. The second-order valence-corrected chi connectivity index (χ2v) is 11.4. The second kappa shape index (κ2) is 11.0. The molecule has 1 N–H and O–H groups in total. The highest BCUT2D eigenvalue weighted by Crippen LogP contribution is 2.44. The molecule has 0 spiro atoms. The molecule has 1 unspecified atom stereocenters. The number of likely N-dealkylation sites (tertiary alicyclic amines) is 1.